The number of nitrogens with zero attached hydrogens (tertiary/aromatic N) is 4. The maximum atomic E-state index is 12.7. The van der Waals surface area contributed by atoms with Crippen LogP contribution in [-0.4, -0.2) is 43.8 Å². The second kappa shape index (κ2) is 6.45. The van der Waals surface area contributed by atoms with Crippen molar-refractivity contribution in [3.05, 3.63) is 59.9 Å². The van der Waals surface area contributed by atoms with Crippen LogP contribution in [0.25, 0.3) is 16.4 Å². The molecule has 1 fully saturated rings. The Labute approximate surface area is 162 Å². The maximum absolute atomic E-state index is 12.7. The van der Waals surface area contributed by atoms with Crippen LogP contribution in [0.5, 0.6) is 0 Å². The van der Waals surface area contributed by atoms with Gasteiger partial charge in [0.25, 0.3) is 5.91 Å². The predicted octanol–water partition coefficient (Wildman–Crippen LogP) is 3.54. The molecule has 1 aliphatic rings. The summed E-state index contributed by atoms with van der Waals surface area (Å²) in [5.41, 5.74) is 3.67. The highest BCUT2D eigenvalue weighted by molar-refractivity contribution is 6.05. The van der Waals surface area contributed by atoms with E-state index in [9.17, 15) is 4.79 Å². The Morgan fingerprint density at radius 3 is 2.96 bits per heavy atom. The summed E-state index contributed by atoms with van der Waals surface area (Å²) in [6.45, 7) is 3.06. The van der Waals surface area contributed by atoms with Crippen molar-refractivity contribution in [1.29, 1.82) is 0 Å². The number of anilines is 1. The minimum Gasteiger partial charge on any atom is -0.357 e. The Morgan fingerprint density at radius 1 is 1.25 bits per heavy atom. The van der Waals surface area contributed by atoms with Crippen LogP contribution >= 0.6 is 0 Å². The molecule has 28 heavy (non-hydrogen) atoms. The fourth-order valence-corrected chi connectivity index (χ4v) is 4.06. The summed E-state index contributed by atoms with van der Waals surface area (Å²) < 4.78 is 1.95. The average Bonchev–Trinajstić information content (AvgIpc) is 3.39. The molecule has 1 atom stereocenters. The van der Waals surface area contributed by atoms with E-state index in [1.807, 2.05) is 35.9 Å². The van der Waals surface area contributed by atoms with Crippen molar-refractivity contribution >= 4 is 28.1 Å². The first kappa shape index (κ1) is 16.9. The topological polar surface area (TPSA) is 78.3 Å². The van der Waals surface area contributed by atoms with E-state index in [0.29, 0.717) is 17.4 Å². The van der Waals surface area contributed by atoms with Crippen LogP contribution in [0.15, 0.2) is 42.9 Å². The molecule has 0 aromatic carbocycles. The molecule has 4 aromatic rings. The summed E-state index contributed by atoms with van der Waals surface area (Å²) in [4.78, 5) is 27.2. The number of hydrogen-bond donors (Lipinski definition) is 2. The number of carbonyl (C=O) groups excluding carboxylic acids is 1. The summed E-state index contributed by atoms with van der Waals surface area (Å²) in [6, 6.07) is 8.11. The van der Waals surface area contributed by atoms with Crippen LogP contribution in [0.2, 0.25) is 0 Å². The van der Waals surface area contributed by atoms with Crippen LogP contribution < -0.4 is 5.32 Å². The number of imidazole rings is 1. The number of H-pyrrole nitrogens is 1. The molecule has 0 spiro atoms. The van der Waals surface area contributed by atoms with Crippen molar-refractivity contribution < 1.29 is 4.79 Å². The van der Waals surface area contributed by atoms with Crippen LogP contribution in [-0.2, 0) is 0 Å². The van der Waals surface area contributed by atoms with E-state index in [1.54, 1.807) is 12.3 Å². The lowest BCUT2D eigenvalue weighted by Crippen LogP contribution is -2.17. The molecule has 2 N–H and O–H groups in total. The number of hydrogen-bond acceptors (Lipinski definition) is 4. The van der Waals surface area contributed by atoms with Crippen LogP contribution in [0.3, 0.4) is 0 Å². The van der Waals surface area contributed by atoms with E-state index >= 15 is 0 Å². The zero-order chi connectivity index (χ0) is 19.3. The van der Waals surface area contributed by atoms with E-state index in [4.69, 9.17) is 0 Å². The first-order valence-corrected chi connectivity index (χ1v) is 9.52. The van der Waals surface area contributed by atoms with Gasteiger partial charge >= 0.3 is 0 Å². The van der Waals surface area contributed by atoms with Crippen LogP contribution in [0.1, 0.15) is 40.8 Å². The second-order valence-electron chi connectivity index (χ2n) is 7.49. The lowest BCUT2D eigenvalue weighted by Gasteiger charge is -2.17. The minimum atomic E-state index is -0.185. The van der Waals surface area contributed by atoms with Crippen molar-refractivity contribution in [3.8, 4) is 0 Å². The third-order valence-corrected chi connectivity index (χ3v) is 5.63. The summed E-state index contributed by atoms with van der Waals surface area (Å²) in [6.07, 6.45) is 7.81. The second-order valence-corrected chi connectivity index (χ2v) is 7.49. The smallest absolute Gasteiger partial charge is 0.256 e. The van der Waals surface area contributed by atoms with Gasteiger partial charge in [-0.2, -0.15) is 0 Å². The molecule has 0 aliphatic carbocycles. The van der Waals surface area contributed by atoms with Crippen molar-refractivity contribution in [2.75, 3.05) is 18.9 Å². The molecule has 7 nitrogen and oxygen atoms in total. The fraction of sp³-hybridized carbons (Fsp3) is 0.286. The number of nitrogens with one attached hydrogen (secondary N) is 2. The van der Waals surface area contributed by atoms with E-state index in [2.05, 4.69) is 38.3 Å². The quantitative estimate of drug-likeness (QED) is 0.575. The third kappa shape index (κ3) is 2.84. The van der Waals surface area contributed by atoms with Gasteiger partial charge in [0.05, 0.1) is 17.2 Å². The molecular formula is C21H22N6O. The highest BCUT2D eigenvalue weighted by atomic mass is 16.1. The van der Waals surface area contributed by atoms with E-state index < -0.39 is 0 Å². The number of aromatic amines is 1. The van der Waals surface area contributed by atoms with Gasteiger partial charge in [-0.1, -0.05) is 0 Å². The summed E-state index contributed by atoms with van der Waals surface area (Å²) >= 11 is 0. The normalized spacial score (nSPS) is 17.6. The number of aromatic nitrogens is 4. The van der Waals surface area contributed by atoms with E-state index in [1.165, 1.54) is 12.1 Å². The highest BCUT2D eigenvalue weighted by Crippen LogP contribution is 2.32. The molecule has 0 bridgehead atoms. The van der Waals surface area contributed by atoms with Crippen molar-refractivity contribution in [2.45, 2.75) is 25.8 Å². The Morgan fingerprint density at radius 2 is 2.14 bits per heavy atom. The van der Waals surface area contributed by atoms with Crippen molar-refractivity contribution in [1.82, 2.24) is 24.3 Å². The molecule has 5 heterocycles. The number of rotatable bonds is 3. The first-order chi connectivity index (χ1) is 13.6. The first-order valence-electron chi connectivity index (χ1n) is 9.52. The van der Waals surface area contributed by atoms with Crippen molar-refractivity contribution in [3.63, 3.8) is 0 Å². The zero-order valence-corrected chi connectivity index (χ0v) is 15.9. The number of carbonyl (C=O) groups is 1. The van der Waals surface area contributed by atoms with Gasteiger partial charge in [0.1, 0.15) is 11.6 Å². The predicted molar refractivity (Wildman–Crippen MR) is 109 cm³/mol. The number of fused-ring (bicyclic) bond motifs is 2. The number of pyridine rings is 2. The largest absolute Gasteiger partial charge is 0.357 e. The Kier molecular flexibility index (Phi) is 3.91. The van der Waals surface area contributed by atoms with Gasteiger partial charge in [-0.25, -0.2) is 9.97 Å². The maximum Gasteiger partial charge on any atom is 0.256 e. The third-order valence-electron chi connectivity index (χ3n) is 5.63. The fourth-order valence-electron chi connectivity index (χ4n) is 4.06. The standard InChI is InChI=1S/C21H22N6O/c1-13-22-12-16-8-14(5-7-27(13)16)21(28)25-20-10-17-15(11-23-20)9-18(24-17)19-4-3-6-26(19)2/h5,7-12,19,24H,3-4,6H2,1-2H3,(H,23,25,28)/t19-/m1/s1. The number of aryl methyl sites for hydroxylation is 1. The molecule has 1 saturated heterocycles. The van der Waals surface area contributed by atoms with Gasteiger partial charge in [-0.15, -0.1) is 0 Å². The molecule has 0 radical (unpaired) electrons. The molecule has 7 heteroatoms. The lowest BCUT2D eigenvalue weighted by molar-refractivity contribution is 0.102. The number of amides is 1. The van der Waals surface area contributed by atoms with E-state index in [0.717, 1.165) is 35.2 Å². The summed E-state index contributed by atoms with van der Waals surface area (Å²) in [7, 11) is 2.16. The van der Waals surface area contributed by atoms with Gasteiger partial charge < -0.3 is 14.7 Å². The Hall–Kier alpha value is -3.19. The van der Waals surface area contributed by atoms with Gasteiger partial charge in [-0.05, 0) is 51.6 Å². The van der Waals surface area contributed by atoms with Crippen LogP contribution in [0, 0.1) is 6.92 Å². The highest BCUT2D eigenvalue weighted by Gasteiger charge is 2.24. The van der Waals surface area contributed by atoms with E-state index in [-0.39, 0.29) is 5.91 Å². The Balaban J connectivity index is 1.39. The van der Waals surface area contributed by atoms with Crippen molar-refractivity contribution in [2.24, 2.45) is 0 Å². The molecule has 142 valence electrons. The van der Waals surface area contributed by atoms with Crippen LogP contribution in [0.4, 0.5) is 5.82 Å². The molecule has 4 aromatic heterocycles. The molecule has 1 aliphatic heterocycles. The van der Waals surface area contributed by atoms with Gasteiger partial charge in [-0.3, -0.25) is 9.69 Å². The summed E-state index contributed by atoms with van der Waals surface area (Å²) in [5, 5.41) is 3.96. The molecule has 0 unspecified atom stereocenters. The minimum absolute atomic E-state index is 0.185. The van der Waals surface area contributed by atoms with Gasteiger partial charge in [0, 0.05) is 41.1 Å². The lowest BCUT2D eigenvalue weighted by atomic mass is 10.1. The average molecular weight is 374 g/mol. The monoisotopic (exact) mass is 374 g/mol. The summed E-state index contributed by atoms with van der Waals surface area (Å²) in [5.74, 6) is 1.25. The SMILES string of the molecule is Cc1ncc2cc(C(=O)Nc3cc4[nH]c([C@H]5CCCN5C)cc4cn3)ccn12. The molecule has 1 amide bonds. The molecule has 5 rings (SSSR count). The number of likely N-dealkylation sites (tertiary alicyclic amines) is 1. The zero-order valence-electron chi connectivity index (χ0n) is 15.9. The van der Waals surface area contributed by atoms with Gasteiger partial charge in [0.15, 0.2) is 0 Å². The Bertz CT molecular complexity index is 1190. The molecular weight excluding hydrogens is 352 g/mol. The molecule has 0 saturated carbocycles. The van der Waals surface area contributed by atoms with Gasteiger partial charge in [0.2, 0.25) is 0 Å².